The SMILES string of the molecule is c1ccc2cc(-c3ccc4cc5c6c(cccc6c4c3)Oc3cc(-c4c6ccccc6c(-c6cccc7ccccc67)c6ccccc46)ccc3-5)ccc2c1. The highest BCUT2D eigenvalue weighted by atomic mass is 16.5. The lowest BCUT2D eigenvalue weighted by atomic mass is 9.84. The Morgan fingerprint density at radius 1 is 0.255 bits per heavy atom. The van der Waals surface area contributed by atoms with E-state index in [-0.39, 0.29) is 0 Å². The van der Waals surface area contributed by atoms with Crippen LogP contribution in [0.4, 0.5) is 0 Å². The van der Waals surface area contributed by atoms with E-state index in [0.717, 1.165) is 22.6 Å². The van der Waals surface area contributed by atoms with Crippen molar-refractivity contribution in [3.8, 4) is 56.0 Å². The van der Waals surface area contributed by atoms with Crippen LogP contribution in [-0.4, -0.2) is 0 Å². The second-order valence-electron chi connectivity index (χ2n) is 14.8. The first-order valence-electron chi connectivity index (χ1n) is 19.0. The molecule has 0 fully saturated rings. The average molecular weight is 697 g/mol. The van der Waals surface area contributed by atoms with E-state index >= 15 is 0 Å². The molecule has 11 aromatic rings. The molecular formula is C54H32O. The van der Waals surface area contributed by atoms with Gasteiger partial charge in [-0.2, -0.15) is 0 Å². The first kappa shape index (κ1) is 30.3. The van der Waals surface area contributed by atoms with Gasteiger partial charge in [-0.25, -0.2) is 0 Å². The lowest BCUT2D eigenvalue weighted by molar-refractivity contribution is 0.487. The van der Waals surface area contributed by atoms with Crippen LogP contribution in [0.5, 0.6) is 11.5 Å². The van der Waals surface area contributed by atoms with E-state index in [9.17, 15) is 0 Å². The minimum atomic E-state index is 0.885. The van der Waals surface area contributed by atoms with Gasteiger partial charge < -0.3 is 4.74 Å². The van der Waals surface area contributed by atoms with Crippen LogP contribution in [0.15, 0.2) is 194 Å². The molecule has 1 heteroatoms. The molecule has 0 saturated carbocycles. The Morgan fingerprint density at radius 3 is 1.62 bits per heavy atom. The van der Waals surface area contributed by atoms with E-state index in [0.29, 0.717) is 0 Å². The Balaban J connectivity index is 1.04. The average Bonchev–Trinajstić information content (AvgIpc) is 3.25. The van der Waals surface area contributed by atoms with Crippen LogP contribution in [0.3, 0.4) is 0 Å². The van der Waals surface area contributed by atoms with Crippen LogP contribution in [0.1, 0.15) is 0 Å². The zero-order chi connectivity index (χ0) is 36.0. The van der Waals surface area contributed by atoms with Crippen LogP contribution < -0.4 is 4.74 Å². The van der Waals surface area contributed by atoms with Crippen molar-refractivity contribution in [2.45, 2.75) is 0 Å². The highest BCUT2D eigenvalue weighted by molar-refractivity contribution is 6.24. The summed E-state index contributed by atoms with van der Waals surface area (Å²) < 4.78 is 6.89. The van der Waals surface area contributed by atoms with Crippen molar-refractivity contribution in [1.29, 1.82) is 0 Å². The van der Waals surface area contributed by atoms with Crippen molar-refractivity contribution in [3.63, 3.8) is 0 Å². The van der Waals surface area contributed by atoms with Crippen LogP contribution in [0.2, 0.25) is 0 Å². The smallest absolute Gasteiger partial charge is 0.135 e. The fourth-order valence-corrected chi connectivity index (χ4v) is 9.30. The predicted molar refractivity (Wildman–Crippen MR) is 233 cm³/mol. The van der Waals surface area contributed by atoms with Crippen molar-refractivity contribution in [2.24, 2.45) is 0 Å². The van der Waals surface area contributed by atoms with E-state index in [1.807, 2.05) is 0 Å². The van der Waals surface area contributed by atoms with Gasteiger partial charge in [0, 0.05) is 10.9 Å². The van der Waals surface area contributed by atoms with Crippen LogP contribution in [0.25, 0.3) is 109 Å². The Morgan fingerprint density at radius 2 is 0.836 bits per heavy atom. The largest absolute Gasteiger partial charge is 0.456 e. The van der Waals surface area contributed by atoms with Gasteiger partial charge in [0.05, 0.1) is 0 Å². The minimum absolute atomic E-state index is 0.885. The maximum atomic E-state index is 6.89. The Kier molecular flexibility index (Phi) is 6.40. The number of rotatable bonds is 3. The van der Waals surface area contributed by atoms with Crippen LogP contribution in [-0.2, 0) is 0 Å². The van der Waals surface area contributed by atoms with Gasteiger partial charge >= 0.3 is 0 Å². The summed E-state index contributed by atoms with van der Waals surface area (Å²) in [5.74, 6) is 1.78. The van der Waals surface area contributed by atoms with Crippen molar-refractivity contribution < 1.29 is 4.74 Å². The third-order valence-corrected chi connectivity index (χ3v) is 11.8. The standard InChI is InChI=1S/C54H32O/c1-2-13-35-29-36(24-23-33(35)11-1)37-25-26-38-31-49-41-28-27-39(32-51(41)55-50-22-10-21-47(54(49)50)48(38)30-37)52-43-16-5-7-18-45(43)53(46-19-8-6-17-44(46)52)42-20-9-14-34-12-3-4-15-40(34)42/h1-32H. The molecule has 0 N–H and O–H groups in total. The zero-order valence-corrected chi connectivity index (χ0v) is 29.9. The van der Waals surface area contributed by atoms with Gasteiger partial charge in [0.1, 0.15) is 11.5 Å². The molecule has 55 heavy (non-hydrogen) atoms. The molecule has 0 aliphatic carbocycles. The van der Waals surface area contributed by atoms with Gasteiger partial charge in [0.15, 0.2) is 0 Å². The molecule has 0 unspecified atom stereocenters. The predicted octanol–water partition coefficient (Wildman–Crippen LogP) is 15.4. The first-order valence-corrected chi connectivity index (χ1v) is 19.0. The van der Waals surface area contributed by atoms with E-state index < -0.39 is 0 Å². The summed E-state index contributed by atoms with van der Waals surface area (Å²) in [6, 6.07) is 71.0. The van der Waals surface area contributed by atoms with Crippen molar-refractivity contribution in [3.05, 3.63) is 194 Å². The monoisotopic (exact) mass is 696 g/mol. The molecule has 1 aliphatic heterocycles. The molecule has 0 bridgehead atoms. The van der Waals surface area contributed by atoms with Gasteiger partial charge in [-0.3, -0.25) is 0 Å². The molecule has 12 rings (SSSR count). The summed E-state index contributed by atoms with van der Waals surface area (Å²) in [6.45, 7) is 0. The van der Waals surface area contributed by atoms with Crippen molar-refractivity contribution in [2.75, 3.05) is 0 Å². The summed E-state index contributed by atoms with van der Waals surface area (Å²) in [5, 5.41) is 14.8. The van der Waals surface area contributed by atoms with Gasteiger partial charge in [0.2, 0.25) is 0 Å². The zero-order valence-electron chi connectivity index (χ0n) is 29.9. The first-order chi connectivity index (χ1) is 27.3. The molecule has 0 amide bonds. The topological polar surface area (TPSA) is 9.23 Å². The summed E-state index contributed by atoms with van der Waals surface area (Å²) in [5.41, 5.74) is 9.67. The number of fused-ring (bicyclic) bond motifs is 8. The highest BCUT2D eigenvalue weighted by Gasteiger charge is 2.24. The Bertz CT molecular complexity index is 3340. The van der Waals surface area contributed by atoms with E-state index in [2.05, 4.69) is 194 Å². The molecule has 1 heterocycles. The summed E-state index contributed by atoms with van der Waals surface area (Å²) >= 11 is 0. The third kappa shape index (κ3) is 4.54. The molecule has 11 aromatic carbocycles. The lowest BCUT2D eigenvalue weighted by Gasteiger charge is -2.24. The number of hydrogen-bond donors (Lipinski definition) is 0. The normalized spacial score (nSPS) is 12.1. The molecule has 0 atom stereocenters. The van der Waals surface area contributed by atoms with Crippen molar-refractivity contribution in [1.82, 2.24) is 0 Å². The summed E-state index contributed by atoms with van der Waals surface area (Å²) in [6.07, 6.45) is 0. The molecular weight excluding hydrogens is 665 g/mol. The maximum Gasteiger partial charge on any atom is 0.135 e. The van der Waals surface area contributed by atoms with Crippen LogP contribution >= 0.6 is 0 Å². The second-order valence-corrected chi connectivity index (χ2v) is 14.8. The quantitative estimate of drug-likeness (QED) is 0.132. The van der Waals surface area contributed by atoms with Gasteiger partial charge in [-0.05, 0) is 135 Å². The molecule has 0 radical (unpaired) electrons. The van der Waals surface area contributed by atoms with E-state index in [1.54, 1.807) is 0 Å². The Labute approximate surface area is 318 Å². The minimum Gasteiger partial charge on any atom is -0.456 e. The van der Waals surface area contributed by atoms with Gasteiger partial charge in [-0.15, -0.1) is 0 Å². The third-order valence-electron chi connectivity index (χ3n) is 11.8. The van der Waals surface area contributed by atoms with Crippen LogP contribution in [0, 0.1) is 0 Å². The fourth-order valence-electron chi connectivity index (χ4n) is 9.30. The second kappa shape index (κ2) is 11.6. The molecule has 0 aromatic heterocycles. The lowest BCUT2D eigenvalue weighted by Crippen LogP contribution is -1.98. The maximum absolute atomic E-state index is 6.89. The summed E-state index contributed by atoms with van der Waals surface area (Å²) in [7, 11) is 0. The Hall–Kier alpha value is -7.22. The van der Waals surface area contributed by atoms with E-state index in [4.69, 9.17) is 4.74 Å². The highest BCUT2D eigenvalue weighted by Crippen LogP contribution is 2.52. The fraction of sp³-hybridized carbons (Fsp3) is 0. The molecule has 1 aliphatic rings. The summed E-state index contributed by atoms with van der Waals surface area (Å²) in [4.78, 5) is 0. The van der Waals surface area contributed by atoms with Gasteiger partial charge in [-0.1, -0.05) is 158 Å². The molecule has 254 valence electrons. The number of hydrogen-bond acceptors (Lipinski definition) is 1. The molecule has 0 spiro atoms. The number of ether oxygens (including phenoxy) is 1. The van der Waals surface area contributed by atoms with E-state index in [1.165, 1.54) is 98.0 Å². The molecule has 1 nitrogen and oxygen atoms in total. The number of benzene rings is 11. The van der Waals surface area contributed by atoms with Gasteiger partial charge in [0.25, 0.3) is 0 Å². The molecule has 0 saturated heterocycles. The van der Waals surface area contributed by atoms with Crippen molar-refractivity contribution >= 4 is 64.6 Å².